The van der Waals surface area contributed by atoms with E-state index in [0.29, 0.717) is 0 Å². The molecule has 5 heteroatoms. The van der Waals surface area contributed by atoms with Gasteiger partial charge >= 0.3 is 0 Å². The van der Waals surface area contributed by atoms with E-state index in [1.807, 2.05) is 42.8 Å². The number of aliphatic hydroxyl groups is 1. The van der Waals surface area contributed by atoms with E-state index >= 15 is 0 Å². The van der Waals surface area contributed by atoms with Crippen molar-refractivity contribution < 1.29 is 9.84 Å². The van der Waals surface area contributed by atoms with Crippen LogP contribution in [0.1, 0.15) is 37.3 Å². The minimum absolute atomic E-state index is 0.182. The van der Waals surface area contributed by atoms with Crippen molar-refractivity contribution in [3.05, 3.63) is 46.2 Å². The standard InChI is InChI=1S/C14H17BrN2O2/c1-9(2)17-13(12(15)8-16-17)14(18)10-5-4-6-11(7-10)19-3/h4-9,14,18H,1-3H3. The second kappa shape index (κ2) is 5.75. The van der Waals surface area contributed by atoms with Gasteiger partial charge in [-0.15, -0.1) is 0 Å². The molecule has 0 bridgehead atoms. The van der Waals surface area contributed by atoms with Crippen LogP contribution in [0, 0.1) is 0 Å². The van der Waals surface area contributed by atoms with E-state index in [2.05, 4.69) is 21.0 Å². The van der Waals surface area contributed by atoms with Gasteiger partial charge in [0.15, 0.2) is 0 Å². The van der Waals surface area contributed by atoms with Crippen LogP contribution in [-0.2, 0) is 0 Å². The lowest BCUT2D eigenvalue weighted by molar-refractivity contribution is 0.203. The molecule has 0 aliphatic heterocycles. The van der Waals surface area contributed by atoms with Gasteiger partial charge < -0.3 is 9.84 Å². The molecule has 0 spiro atoms. The van der Waals surface area contributed by atoms with Gasteiger partial charge in [0.1, 0.15) is 11.9 Å². The monoisotopic (exact) mass is 324 g/mol. The highest BCUT2D eigenvalue weighted by atomic mass is 79.9. The molecule has 2 rings (SSSR count). The molecule has 0 aliphatic carbocycles. The molecule has 1 N–H and O–H groups in total. The predicted molar refractivity (Wildman–Crippen MR) is 77.4 cm³/mol. The normalized spacial score (nSPS) is 12.7. The highest BCUT2D eigenvalue weighted by Crippen LogP contribution is 2.31. The maximum Gasteiger partial charge on any atom is 0.122 e. The molecular formula is C14H17BrN2O2. The summed E-state index contributed by atoms with van der Waals surface area (Å²) in [5.41, 5.74) is 1.53. The average Bonchev–Trinajstić information content (AvgIpc) is 2.80. The minimum Gasteiger partial charge on any atom is -0.497 e. The lowest BCUT2D eigenvalue weighted by atomic mass is 10.1. The van der Waals surface area contributed by atoms with Gasteiger partial charge in [-0.2, -0.15) is 5.10 Å². The molecule has 102 valence electrons. The third-order valence-corrected chi connectivity index (χ3v) is 3.56. The van der Waals surface area contributed by atoms with Crippen molar-refractivity contribution in [1.29, 1.82) is 0 Å². The number of methoxy groups -OCH3 is 1. The van der Waals surface area contributed by atoms with Crippen molar-refractivity contribution in [1.82, 2.24) is 9.78 Å². The molecule has 19 heavy (non-hydrogen) atoms. The minimum atomic E-state index is -0.741. The molecule has 1 heterocycles. The fourth-order valence-electron chi connectivity index (χ4n) is 1.99. The summed E-state index contributed by atoms with van der Waals surface area (Å²) in [4.78, 5) is 0. The fourth-order valence-corrected chi connectivity index (χ4v) is 2.48. The van der Waals surface area contributed by atoms with Crippen molar-refractivity contribution in [2.75, 3.05) is 7.11 Å². The van der Waals surface area contributed by atoms with Gasteiger partial charge in [-0.25, -0.2) is 0 Å². The number of rotatable bonds is 4. The summed E-state index contributed by atoms with van der Waals surface area (Å²) in [6, 6.07) is 7.60. The van der Waals surface area contributed by atoms with Crippen molar-refractivity contribution in [3.63, 3.8) is 0 Å². The fraction of sp³-hybridized carbons (Fsp3) is 0.357. The molecule has 1 aromatic heterocycles. The first-order valence-electron chi connectivity index (χ1n) is 6.09. The van der Waals surface area contributed by atoms with Crippen LogP contribution in [0.2, 0.25) is 0 Å². The molecule has 1 atom stereocenters. The number of nitrogens with zero attached hydrogens (tertiary/aromatic N) is 2. The van der Waals surface area contributed by atoms with E-state index in [9.17, 15) is 5.11 Å². The third-order valence-electron chi connectivity index (χ3n) is 2.94. The maximum atomic E-state index is 10.6. The number of benzene rings is 1. The second-order valence-corrected chi connectivity index (χ2v) is 5.45. The van der Waals surface area contributed by atoms with Crippen LogP contribution in [0.3, 0.4) is 0 Å². The number of hydrogen-bond donors (Lipinski definition) is 1. The Kier molecular flexibility index (Phi) is 4.27. The Morgan fingerprint density at radius 1 is 1.37 bits per heavy atom. The zero-order valence-electron chi connectivity index (χ0n) is 11.2. The molecule has 4 nitrogen and oxygen atoms in total. The first-order valence-corrected chi connectivity index (χ1v) is 6.88. The quantitative estimate of drug-likeness (QED) is 0.938. The molecule has 1 unspecified atom stereocenters. The Morgan fingerprint density at radius 3 is 2.74 bits per heavy atom. The topological polar surface area (TPSA) is 47.3 Å². The number of aromatic nitrogens is 2. The van der Waals surface area contributed by atoms with Gasteiger partial charge in [0.05, 0.1) is 23.5 Å². The molecule has 0 fully saturated rings. The molecular weight excluding hydrogens is 308 g/mol. The predicted octanol–water partition coefficient (Wildman–Crippen LogP) is 3.32. The van der Waals surface area contributed by atoms with E-state index in [4.69, 9.17) is 4.74 Å². The van der Waals surface area contributed by atoms with Crippen LogP contribution < -0.4 is 4.74 Å². The summed E-state index contributed by atoms with van der Waals surface area (Å²) in [5, 5.41) is 14.8. The first-order chi connectivity index (χ1) is 9.04. The van der Waals surface area contributed by atoms with Crippen LogP contribution in [0.4, 0.5) is 0 Å². The Hall–Kier alpha value is -1.33. The highest BCUT2D eigenvalue weighted by Gasteiger charge is 2.21. The first kappa shape index (κ1) is 14.1. The molecule has 0 saturated heterocycles. The number of halogens is 1. The molecule has 1 aromatic carbocycles. The number of ether oxygens (including phenoxy) is 1. The molecule has 0 aliphatic rings. The summed E-state index contributed by atoms with van der Waals surface area (Å²) in [7, 11) is 1.61. The van der Waals surface area contributed by atoms with Crippen molar-refractivity contribution >= 4 is 15.9 Å². The zero-order valence-corrected chi connectivity index (χ0v) is 12.8. The van der Waals surface area contributed by atoms with Gasteiger partial charge in [0, 0.05) is 6.04 Å². The number of aliphatic hydroxyl groups excluding tert-OH is 1. The lowest BCUT2D eigenvalue weighted by Gasteiger charge is -2.17. The Labute approximate surface area is 121 Å². The van der Waals surface area contributed by atoms with E-state index < -0.39 is 6.10 Å². The summed E-state index contributed by atoms with van der Waals surface area (Å²) in [5.74, 6) is 0.725. The third kappa shape index (κ3) is 2.82. The van der Waals surface area contributed by atoms with Crippen molar-refractivity contribution in [2.24, 2.45) is 0 Å². The van der Waals surface area contributed by atoms with Gasteiger partial charge in [-0.05, 0) is 47.5 Å². The average molecular weight is 325 g/mol. The SMILES string of the molecule is COc1cccc(C(O)c2c(Br)cnn2C(C)C)c1. The van der Waals surface area contributed by atoms with Crippen LogP contribution >= 0.6 is 15.9 Å². The Bertz CT molecular complexity index is 566. The van der Waals surface area contributed by atoms with Crippen LogP contribution in [0.25, 0.3) is 0 Å². The largest absolute Gasteiger partial charge is 0.497 e. The molecule has 0 saturated carbocycles. The molecule has 0 amide bonds. The van der Waals surface area contributed by atoms with Crippen molar-refractivity contribution in [2.45, 2.75) is 26.0 Å². The number of hydrogen-bond acceptors (Lipinski definition) is 3. The molecule has 2 aromatic rings. The van der Waals surface area contributed by atoms with Gasteiger partial charge in [0.2, 0.25) is 0 Å². The smallest absolute Gasteiger partial charge is 0.122 e. The van der Waals surface area contributed by atoms with Crippen molar-refractivity contribution in [3.8, 4) is 5.75 Å². The van der Waals surface area contributed by atoms with Crippen LogP contribution in [0.15, 0.2) is 34.9 Å². The van der Waals surface area contributed by atoms with E-state index in [1.165, 1.54) is 0 Å². The lowest BCUT2D eigenvalue weighted by Crippen LogP contribution is -2.12. The summed E-state index contributed by atoms with van der Waals surface area (Å²) < 4.78 is 7.80. The van der Waals surface area contributed by atoms with Gasteiger partial charge in [-0.3, -0.25) is 4.68 Å². The summed E-state index contributed by atoms with van der Waals surface area (Å²) in [6.07, 6.45) is 0.966. The Balaban J connectivity index is 2.43. The highest BCUT2D eigenvalue weighted by molar-refractivity contribution is 9.10. The Morgan fingerprint density at radius 2 is 2.11 bits per heavy atom. The van der Waals surface area contributed by atoms with E-state index in [0.717, 1.165) is 21.5 Å². The van der Waals surface area contributed by atoms with Gasteiger partial charge in [-0.1, -0.05) is 12.1 Å². The van der Waals surface area contributed by atoms with Crippen LogP contribution in [0.5, 0.6) is 5.75 Å². The van der Waals surface area contributed by atoms with E-state index in [-0.39, 0.29) is 6.04 Å². The maximum absolute atomic E-state index is 10.6. The second-order valence-electron chi connectivity index (χ2n) is 4.60. The summed E-state index contributed by atoms with van der Waals surface area (Å²) >= 11 is 3.44. The summed E-state index contributed by atoms with van der Waals surface area (Å²) in [6.45, 7) is 4.06. The van der Waals surface area contributed by atoms with Gasteiger partial charge in [0.25, 0.3) is 0 Å². The van der Waals surface area contributed by atoms with Crippen LogP contribution in [-0.4, -0.2) is 22.0 Å². The van der Waals surface area contributed by atoms with E-state index in [1.54, 1.807) is 13.3 Å². The molecule has 0 radical (unpaired) electrons. The zero-order chi connectivity index (χ0) is 14.0.